The molecule has 1 aliphatic heterocycles. The van der Waals surface area contributed by atoms with Gasteiger partial charge >= 0.3 is 0 Å². The van der Waals surface area contributed by atoms with Gasteiger partial charge in [0.15, 0.2) is 0 Å². The second kappa shape index (κ2) is 8.12. The summed E-state index contributed by atoms with van der Waals surface area (Å²) in [5, 5.41) is 2.02. The topological polar surface area (TPSA) is 57.7 Å². The lowest BCUT2D eigenvalue weighted by Gasteiger charge is -2.32. The fraction of sp³-hybridized carbons (Fsp3) is 0.450. The van der Waals surface area contributed by atoms with Gasteiger partial charge in [0, 0.05) is 30.1 Å². The third-order valence-corrected chi connectivity index (χ3v) is 8.18. The molecule has 1 saturated heterocycles. The Labute approximate surface area is 165 Å². The average molecular weight is 407 g/mol. The van der Waals surface area contributed by atoms with Gasteiger partial charge in [-0.1, -0.05) is 6.42 Å². The molecule has 1 aromatic carbocycles. The molecular formula is C20H26N2O3S2. The number of carbonyl (C=O) groups is 1. The first kappa shape index (κ1) is 20.0. The van der Waals surface area contributed by atoms with Gasteiger partial charge in [-0.3, -0.25) is 4.79 Å². The van der Waals surface area contributed by atoms with Gasteiger partial charge in [0.25, 0.3) is 5.91 Å². The van der Waals surface area contributed by atoms with E-state index >= 15 is 0 Å². The number of carbonyl (C=O) groups excluding carboxylic acids is 1. The number of nitrogens with zero attached hydrogens (tertiary/aromatic N) is 2. The second-order valence-corrected chi connectivity index (χ2v) is 10.1. The number of thiophene rings is 1. The first-order valence-corrected chi connectivity index (χ1v) is 11.5. The van der Waals surface area contributed by atoms with Crippen LogP contribution in [0.4, 0.5) is 0 Å². The molecule has 1 fully saturated rings. The van der Waals surface area contributed by atoms with Crippen LogP contribution in [0, 0.1) is 6.92 Å². The summed E-state index contributed by atoms with van der Waals surface area (Å²) in [6.45, 7) is 5.10. The molecule has 5 nitrogen and oxygen atoms in total. The summed E-state index contributed by atoms with van der Waals surface area (Å²) >= 11 is 1.63. The first-order valence-electron chi connectivity index (χ1n) is 9.21. The van der Waals surface area contributed by atoms with Crippen LogP contribution in [-0.4, -0.2) is 43.2 Å². The molecule has 2 heterocycles. The minimum atomic E-state index is -3.51. The van der Waals surface area contributed by atoms with E-state index in [1.54, 1.807) is 51.9 Å². The van der Waals surface area contributed by atoms with Gasteiger partial charge in [0.2, 0.25) is 10.0 Å². The molecule has 0 saturated carbocycles. The Bertz CT molecular complexity index is 904. The minimum Gasteiger partial charge on any atom is -0.337 e. The molecule has 1 atom stereocenters. The highest BCUT2D eigenvalue weighted by molar-refractivity contribution is 7.89. The summed E-state index contributed by atoms with van der Waals surface area (Å²) in [4.78, 5) is 15.7. The molecule has 0 bridgehead atoms. The Morgan fingerprint density at radius 1 is 1.22 bits per heavy atom. The number of aryl methyl sites for hydroxylation is 1. The molecule has 0 spiro atoms. The van der Waals surface area contributed by atoms with Gasteiger partial charge in [-0.2, -0.15) is 4.31 Å². The number of benzene rings is 1. The van der Waals surface area contributed by atoms with Crippen molar-refractivity contribution in [2.75, 3.05) is 13.6 Å². The Morgan fingerprint density at radius 3 is 2.52 bits per heavy atom. The number of amides is 1. The molecule has 1 aromatic heterocycles. The smallest absolute Gasteiger partial charge is 0.253 e. The second-order valence-electron chi connectivity index (χ2n) is 7.17. The lowest BCUT2D eigenvalue weighted by molar-refractivity contribution is 0.0786. The van der Waals surface area contributed by atoms with Gasteiger partial charge in [-0.15, -0.1) is 11.3 Å². The first-order chi connectivity index (χ1) is 12.8. The molecule has 0 aliphatic carbocycles. The van der Waals surface area contributed by atoms with Gasteiger partial charge in [0.1, 0.15) is 0 Å². The third kappa shape index (κ3) is 4.25. The van der Waals surface area contributed by atoms with E-state index in [1.807, 2.05) is 25.3 Å². The molecule has 0 unspecified atom stereocenters. The van der Waals surface area contributed by atoms with Crippen LogP contribution >= 0.6 is 11.3 Å². The van der Waals surface area contributed by atoms with Crippen molar-refractivity contribution >= 4 is 27.3 Å². The summed E-state index contributed by atoms with van der Waals surface area (Å²) in [5.41, 5.74) is 1.68. The van der Waals surface area contributed by atoms with Crippen molar-refractivity contribution in [3.8, 4) is 0 Å². The SMILES string of the molecule is Cc1ccsc1CN(C)C(=O)c1ccc(S(=O)(=O)N2CCCC[C@@H]2C)cc1. The predicted octanol–water partition coefficient (Wildman–Crippen LogP) is 3.89. The van der Waals surface area contributed by atoms with E-state index in [9.17, 15) is 13.2 Å². The van der Waals surface area contributed by atoms with Crippen LogP contribution in [0.1, 0.15) is 47.0 Å². The number of hydrogen-bond donors (Lipinski definition) is 0. The molecular weight excluding hydrogens is 380 g/mol. The molecule has 0 radical (unpaired) electrons. The fourth-order valence-electron chi connectivity index (χ4n) is 3.41. The Hall–Kier alpha value is -1.70. The van der Waals surface area contributed by atoms with Crippen LogP contribution in [0.2, 0.25) is 0 Å². The van der Waals surface area contributed by atoms with E-state index in [1.165, 1.54) is 5.56 Å². The monoisotopic (exact) mass is 406 g/mol. The van der Waals surface area contributed by atoms with Gasteiger partial charge in [-0.05, 0) is 68.0 Å². The van der Waals surface area contributed by atoms with Crippen LogP contribution in [0.5, 0.6) is 0 Å². The average Bonchev–Trinajstić information content (AvgIpc) is 3.06. The summed E-state index contributed by atoms with van der Waals surface area (Å²) in [6, 6.07) is 8.38. The Kier molecular flexibility index (Phi) is 6.03. The molecule has 146 valence electrons. The normalized spacial score (nSPS) is 18.4. The minimum absolute atomic E-state index is 0.0187. The zero-order chi connectivity index (χ0) is 19.6. The highest BCUT2D eigenvalue weighted by Crippen LogP contribution is 2.25. The summed E-state index contributed by atoms with van der Waals surface area (Å²) in [5.74, 6) is -0.113. The van der Waals surface area contributed by atoms with E-state index in [0.717, 1.165) is 24.1 Å². The van der Waals surface area contributed by atoms with Crippen LogP contribution in [-0.2, 0) is 16.6 Å². The molecule has 1 aliphatic rings. The number of rotatable bonds is 5. The number of sulfonamides is 1. The van der Waals surface area contributed by atoms with Gasteiger partial charge < -0.3 is 4.90 Å². The lowest BCUT2D eigenvalue weighted by atomic mass is 10.1. The highest BCUT2D eigenvalue weighted by atomic mass is 32.2. The fourth-order valence-corrected chi connectivity index (χ4v) is 6.07. The van der Waals surface area contributed by atoms with Crippen molar-refractivity contribution in [1.82, 2.24) is 9.21 Å². The molecule has 2 aromatic rings. The summed E-state index contributed by atoms with van der Waals surface area (Å²) in [7, 11) is -1.75. The maximum atomic E-state index is 12.9. The van der Waals surface area contributed by atoms with Crippen molar-refractivity contribution in [3.05, 3.63) is 51.7 Å². The van der Waals surface area contributed by atoms with Crippen LogP contribution in [0.15, 0.2) is 40.6 Å². The third-order valence-electron chi connectivity index (χ3n) is 5.15. The van der Waals surface area contributed by atoms with E-state index in [4.69, 9.17) is 0 Å². The summed E-state index contributed by atoms with van der Waals surface area (Å²) in [6.07, 6.45) is 2.85. The molecule has 3 rings (SSSR count). The zero-order valence-corrected chi connectivity index (χ0v) is 17.6. The Balaban J connectivity index is 1.74. The van der Waals surface area contributed by atoms with E-state index in [-0.39, 0.29) is 16.8 Å². The summed E-state index contributed by atoms with van der Waals surface area (Å²) < 4.78 is 27.4. The standard InChI is InChI=1S/C20H26N2O3S2/c1-15-11-13-26-19(15)14-21(3)20(23)17-7-9-18(10-8-17)27(24,25)22-12-5-4-6-16(22)2/h7-11,13,16H,4-6,12,14H2,1-3H3/t16-/m0/s1. The molecule has 1 amide bonds. The van der Waals surface area contributed by atoms with Crippen molar-refractivity contribution in [2.45, 2.75) is 50.6 Å². The van der Waals surface area contributed by atoms with Crippen LogP contribution in [0.25, 0.3) is 0 Å². The lowest BCUT2D eigenvalue weighted by Crippen LogP contribution is -2.41. The van der Waals surface area contributed by atoms with Gasteiger partial charge in [0.05, 0.1) is 11.4 Å². The predicted molar refractivity (Wildman–Crippen MR) is 109 cm³/mol. The molecule has 7 heteroatoms. The molecule has 0 N–H and O–H groups in total. The van der Waals surface area contributed by atoms with Crippen molar-refractivity contribution in [2.24, 2.45) is 0 Å². The van der Waals surface area contributed by atoms with Crippen LogP contribution < -0.4 is 0 Å². The molecule has 27 heavy (non-hydrogen) atoms. The quantitative estimate of drug-likeness (QED) is 0.757. The van der Waals surface area contributed by atoms with Crippen LogP contribution in [0.3, 0.4) is 0 Å². The van der Waals surface area contributed by atoms with Crippen molar-refractivity contribution in [1.29, 1.82) is 0 Å². The van der Waals surface area contributed by atoms with E-state index < -0.39 is 10.0 Å². The number of piperidine rings is 1. The van der Waals surface area contributed by atoms with Crippen molar-refractivity contribution in [3.63, 3.8) is 0 Å². The zero-order valence-electron chi connectivity index (χ0n) is 16.0. The van der Waals surface area contributed by atoms with Gasteiger partial charge in [-0.25, -0.2) is 8.42 Å². The van der Waals surface area contributed by atoms with Crippen molar-refractivity contribution < 1.29 is 13.2 Å². The largest absolute Gasteiger partial charge is 0.337 e. The maximum Gasteiger partial charge on any atom is 0.253 e. The maximum absolute atomic E-state index is 12.9. The number of hydrogen-bond acceptors (Lipinski definition) is 4. The van der Waals surface area contributed by atoms with E-state index in [2.05, 4.69) is 0 Å². The Morgan fingerprint density at radius 2 is 1.93 bits per heavy atom. The highest BCUT2D eigenvalue weighted by Gasteiger charge is 2.31. The van der Waals surface area contributed by atoms with E-state index in [0.29, 0.717) is 18.7 Å².